The maximum absolute atomic E-state index is 3.91. The molecular weight excluding hydrogens is 1030 g/mol. The van der Waals surface area contributed by atoms with Crippen LogP contribution in [-0.4, -0.2) is 42.9 Å². The second kappa shape index (κ2) is 24.0. The molecule has 2 radical (unpaired) electrons. The van der Waals surface area contributed by atoms with Crippen LogP contribution < -0.4 is 10.4 Å². The Bertz CT molecular complexity index is 1110. The van der Waals surface area contributed by atoms with Gasteiger partial charge in [-0.25, -0.2) is 27.7 Å². The van der Waals surface area contributed by atoms with Crippen LogP contribution in [0.3, 0.4) is 0 Å². The van der Waals surface area contributed by atoms with Gasteiger partial charge in [-0.05, 0) is 64.5 Å². The molecule has 2 fully saturated rings. The van der Waals surface area contributed by atoms with E-state index in [1.807, 2.05) is 10.4 Å². The normalized spacial score (nSPS) is 16.6. The summed E-state index contributed by atoms with van der Waals surface area (Å²) in [4.78, 5) is 0. The van der Waals surface area contributed by atoms with Crippen LogP contribution >= 0.6 is 16.3 Å². The van der Waals surface area contributed by atoms with Crippen LogP contribution in [0.4, 0.5) is 0 Å². The van der Waals surface area contributed by atoms with E-state index in [1.165, 1.54) is 64.2 Å². The summed E-state index contributed by atoms with van der Waals surface area (Å²) in [6.45, 7) is 50.5. The van der Waals surface area contributed by atoms with Crippen molar-refractivity contribution in [3.05, 3.63) is 57.6 Å². The van der Waals surface area contributed by atoms with Gasteiger partial charge < -0.3 is 40.5 Å². The second-order valence-corrected chi connectivity index (χ2v) is 50.8. The molecule has 2 aliphatic rings. The summed E-state index contributed by atoms with van der Waals surface area (Å²) < 4.78 is 0. The Morgan fingerprint density at radius 2 is 0.740 bits per heavy atom. The summed E-state index contributed by atoms with van der Waals surface area (Å²) in [5.74, 6) is 0. The van der Waals surface area contributed by atoms with Crippen molar-refractivity contribution in [1.29, 1.82) is 0 Å². The first-order valence-electron chi connectivity index (χ1n) is 19.6. The smallest absolute Gasteiger partial charge is 0.193 e. The van der Waals surface area contributed by atoms with E-state index in [0.717, 1.165) is 11.3 Å². The Morgan fingerprint density at radius 1 is 0.480 bits per heavy atom. The summed E-state index contributed by atoms with van der Waals surface area (Å²) in [7, 11) is -2.77. The second-order valence-electron chi connectivity index (χ2n) is 19.4. The van der Waals surface area contributed by atoms with Gasteiger partial charge in [0.1, 0.15) is 0 Å². The Balaban J connectivity index is 0. The Labute approximate surface area is 381 Å². The SMILES string of the molecule is C[c-]1[c-](C)[c-](C)[c-]([Si](C)(C)[PH2+]C2CCCCC2)[c-]1C.Cc1c(C)c(C)[c-]([Si](C)(C)[PH2+]C2CCCCC2)c1C.[CH2-][Si](C)(C)C.[CH2-][Si](C)(C)C.[Lu].[Lu]. The molecule has 0 heterocycles. The van der Waals surface area contributed by atoms with Crippen LogP contribution in [0, 0.1) is 142 Å². The van der Waals surface area contributed by atoms with Gasteiger partial charge in [-0.3, -0.25) is 0 Å². The minimum Gasteiger partial charge on any atom is -0.731 e. The summed E-state index contributed by atoms with van der Waals surface area (Å²) in [5.41, 5.74) is 15.0. The van der Waals surface area contributed by atoms with E-state index in [0.29, 0.717) is 16.3 Å². The van der Waals surface area contributed by atoms with Crippen molar-refractivity contribution in [2.24, 2.45) is 0 Å². The zero-order valence-electron chi connectivity index (χ0n) is 36.3. The van der Waals surface area contributed by atoms with Crippen molar-refractivity contribution in [2.45, 2.75) is 196 Å². The quantitative estimate of drug-likeness (QED) is 0.154. The Hall–Kier alpha value is 2.90. The molecule has 0 N–H and O–H groups in total. The van der Waals surface area contributed by atoms with Crippen LogP contribution in [0.25, 0.3) is 0 Å². The largest absolute Gasteiger partial charge is 0.731 e. The number of hydrogen-bond acceptors (Lipinski definition) is 0. The van der Waals surface area contributed by atoms with Crippen molar-refractivity contribution in [1.82, 2.24) is 0 Å². The molecule has 2 aromatic rings. The van der Waals surface area contributed by atoms with E-state index in [9.17, 15) is 0 Å². The van der Waals surface area contributed by atoms with Crippen molar-refractivity contribution in [3.63, 3.8) is 0 Å². The van der Waals surface area contributed by atoms with E-state index < -0.39 is 31.6 Å². The third kappa shape index (κ3) is 19.4. The van der Waals surface area contributed by atoms with Crippen LogP contribution in [0.2, 0.25) is 65.5 Å². The number of hydrogen-bond donors (Lipinski definition) is 0. The minimum absolute atomic E-state index is 0. The minimum atomic E-state index is -1.18. The Morgan fingerprint density at radius 3 is 1.02 bits per heavy atom. The van der Waals surface area contributed by atoms with Gasteiger partial charge in [0.15, 0.2) is 7.74 Å². The fourth-order valence-corrected chi connectivity index (χ4v) is 29.9. The topological polar surface area (TPSA) is 0 Å². The molecule has 4 rings (SSSR count). The average Bonchev–Trinajstić information content (AvgIpc) is 3.26. The Kier molecular flexibility index (Phi) is 26.4. The molecule has 0 aromatic heterocycles. The van der Waals surface area contributed by atoms with Crippen molar-refractivity contribution >= 4 is 58.3 Å². The molecule has 2 atom stereocenters. The monoisotopic (exact) mass is 1110 g/mol. The first-order chi connectivity index (χ1) is 21.7. The molecule has 0 nitrogen and oxygen atoms in total. The first-order valence-corrected chi connectivity index (χ1v) is 38.0. The molecule has 2 saturated carbocycles. The van der Waals surface area contributed by atoms with Crippen LogP contribution in [-0.2, 0) is 0 Å². The van der Waals surface area contributed by atoms with E-state index in [1.54, 1.807) is 44.5 Å². The molecule has 0 bridgehead atoms. The third-order valence-corrected chi connectivity index (χ3v) is 28.3. The fourth-order valence-electron chi connectivity index (χ4n) is 8.32. The zero-order chi connectivity index (χ0) is 37.4. The van der Waals surface area contributed by atoms with Crippen LogP contribution in [0.5, 0.6) is 0 Å². The molecule has 0 aliphatic heterocycles. The first kappa shape index (κ1) is 55.0. The summed E-state index contributed by atoms with van der Waals surface area (Å²) in [6.07, 6.45) is 15.1. The summed E-state index contributed by atoms with van der Waals surface area (Å²) in [6, 6.07) is 0. The fraction of sp³-hybridized carbons (Fsp3) is 0.714. The van der Waals surface area contributed by atoms with Gasteiger partial charge in [0.25, 0.3) is 0 Å². The van der Waals surface area contributed by atoms with Gasteiger partial charge in [-0.2, -0.15) is 22.3 Å². The van der Waals surface area contributed by atoms with Gasteiger partial charge in [-0.15, -0.1) is 21.3 Å². The molecule has 2 aliphatic carbocycles. The van der Waals surface area contributed by atoms with Gasteiger partial charge in [-0.1, -0.05) is 109 Å². The molecule has 314 valence electrons. The van der Waals surface area contributed by atoms with E-state index >= 15 is 0 Å². The predicted molar refractivity (Wildman–Crippen MR) is 247 cm³/mol. The van der Waals surface area contributed by atoms with Gasteiger partial charge >= 0.3 is 0 Å². The molecule has 50 heavy (non-hydrogen) atoms. The maximum atomic E-state index is 3.91. The molecular formula is C42H84Lu2P2Si4-6. The maximum Gasteiger partial charge on any atom is 0.193 e. The van der Waals surface area contributed by atoms with Crippen LogP contribution in [0.1, 0.15) is 109 Å². The summed E-state index contributed by atoms with van der Waals surface area (Å²) >= 11 is 0. The average molecular weight is 1110 g/mol. The molecule has 8 heteroatoms. The van der Waals surface area contributed by atoms with Crippen molar-refractivity contribution in [3.8, 4) is 0 Å². The van der Waals surface area contributed by atoms with E-state index in [4.69, 9.17) is 0 Å². The molecule has 2 unspecified atom stereocenters. The number of rotatable bonds is 6. The predicted octanol–water partition coefficient (Wildman–Crippen LogP) is 13.0. The molecule has 0 amide bonds. The third-order valence-electron chi connectivity index (χ3n) is 10.8. The zero-order valence-corrected chi connectivity index (χ0v) is 45.9. The summed E-state index contributed by atoms with van der Waals surface area (Å²) in [5, 5.41) is 3.64. The van der Waals surface area contributed by atoms with Crippen molar-refractivity contribution < 1.29 is 73.7 Å². The van der Waals surface area contributed by atoms with Crippen molar-refractivity contribution in [2.75, 3.05) is 0 Å². The van der Waals surface area contributed by atoms with Gasteiger partial charge in [0.2, 0.25) is 0 Å². The van der Waals surface area contributed by atoms with Gasteiger partial charge in [0.05, 0.1) is 11.3 Å². The van der Waals surface area contributed by atoms with E-state index in [2.05, 4.69) is 134 Å². The van der Waals surface area contributed by atoms with E-state index in [-0.39, 0.29) is 73.7 Å². The molecule has 0 spiro atoms. The molecule has 0 saturated heterocycles. The standard InChI is InChI=1S/2C17H30PSi.2C4H11Si.2Lu/c2*1-12-13(2)15(4)17(14(12)3)19(5,6)18-16-10-8-7-9-11-16;2*1-5(2,3)4;;/h2*16,18H,7-11H2,1-6H3;2*1H2,2-4H3;;/q-5;3*-1;;/p+2. The molecule has 2 aromatic carbocycles. The van der Waals surface area contributed by atoms with Crippen LogP contribution in [0.15, 0.2) is 0 Å². The van der Waals surface area contributed by atoms with Gasteiger partial charge in [0, 0.05) is 81.5 Å².